The third kappa shape index (κ3) is 5.73. The SMILES string of the molecule is C=C(C)C(=O)OCCCCC(F)(F)S(=O)(=O)[O-]. The minimum atomic E-state index is -5.62. The van der Waals surface area contributed by atoms with Crippen molar-refractivity contribution in [3.05, 3.63) is 12.2 Å². The fourth-order valence-electron chi connectivity index (χ4n) is 0.846. The molecule has 0 amide bonds. The van der Waals surface area contributed by atoms with Crippen LogP contribution in [0.1, 0.15) is 26.2 Å². The molecule has 0 aromatic rings. The van der Waals surface area contributed by atoms with Crippen LogP contribution in [0.15, 0.2) is 12.2 Å². The average molecular weight is 271 g/mol. The van der Waals surface area contributed by atoms with Gasteiger partial charge in [-0.05, 0) is 19.8 Å². The first kappa shape index (κ1) is 16.0. The monoisotopic (exact) mass is 271 g/mol. The quantitative estimate of drug-likeness (QED) is 0.302. The van der Waals surface area contributed by atoms with E-state index in [0.29, 0.717) is 0 Å². The molecule has 17 heavy (non-hydrogen) atoms. The fourth-order valence-corrected chi connectivity index (χ4v) is 1.24. The van der Waals surface area contributed by atoms with Crippen molar-refractivity contribution in [3.8, 4) is 0 Å². The Morgan fingerprint density at radius 1 is 1.41 bits per heavy atom. The molecule has 5 nitrogen and oxygen atoms in total. The maximum Gasteiger partial charge on any atom is 0.334 e. The first-order valence-corrected chi connectivity index (χ1v) is 6.14. The Hall–Kier alpha value is -1.02. The van der Waals surface area contributed by atoms with E-state index in [2.05, 4.69) is 11.3 Å². The van der Waals surface area contributed by atoms with Crippen LogP contribution in [-0.4, -0.2) is 30.8 Å². The summed E-state index contributed by atoms with van der Waals surface area (Å²) in [6, 6.07) is 0. The molecule has 0 aromatic carbocycles. The smallest absolute Gasteiger partial charge is 0.334 e. The molecule has 0 aliphatic rings. The normalized spacial score (nSPS) is 12.2. The molecule has 0 heterocycles. The number of carbonyl (C=O) groups excluding carboxylic acids is 1. The van der Waals surface area contributed by atoms with Gasteiger partial charge in [0.15, 0.2) is 10.1 Å². The Bertz CT molecular complexity index is 388. The molecule has 100 valence electrons. The number of hydrogen-bond acceptors (Lipinski definition) is 5. The molecule has 0 saturated heterocycles. The summed E-state index contributed by atoms with van der Waals surface area (Å²) in [5, 5.41) is -4.27. The second-order valence-electron chi connectivity index (χ2n) is 3.46. The number of esters is 1. The minimum Gasteiger partial charge on any atom is -0.743 e. The van der Waals surface area contributed by atoms with E-state index in [1.165, 1.54) is 6.92 Å². The third-order valence-electron chi connectivity index (χ3n) is 1.81. The Morgan fingerprint density at radius 3 is 2.35 bits per heavy atom. The van der Waals surface area contributed by atoms with Gasteiger partial charge in [-0.2, -0.15) is 8.78 Å². The van der Waals surface area contributed by atoms with Gasteiger partial charge in [0.2, 0.25) is 0 Å². The average Bonchev–Trinajstić information content (AvgIpc) is 2.14. The van der Waals surface area contributed by atoms with Gasteiger partial charge in [-0.1, -0.05) is 6.58 Å². The molecular formula is C9H13F2O5S-. The first-order chi connectivity index (χ1) is 7.58. The standard InChI is InChI=1S/C9H14F2O5S/c1-7(2)8(12)16-6-4-3-5-9(10,11)17(13,14)15/h1,3-6H2,2H3,(H,13,14,15)/p-1. The molecule has 0 fully saturated rings. The van der Waals surface area contributed by atoms with E-state index >= 15 is 0 Å². The zero-order valence-corrected chi connectivity index (χ0v) is 10.1. The fraction of sp³-hybridized carbons (Fsp3) is 0.667. The molecule has 0 radical (unpaired) electrons. The highest BCUT2D eigenvalue weighted by Gasteiger charge is 2.36. The summed E-state index contributed by atoms with van der Waals surface area (Å²) in [6.45, 7) is 4.62. The van der Waals surface area contributed by atoms with Crippen LogP contribution in [0.25, 0.3) is 0 Å². The molecule has 0 spiro atoms. The second kappa shape index (κ2) is 6.06. The van der Waals surface area contributed by atoms with E-state index in [4.69, 9.17) is 0 Å². The van der Waals surface area contributed by atoms with Crippen LogP contribution in [-0.2, 0) is 19.6 Å². The van der Waals surface area contributed by atoms with E-state index in [9.17, 15) is 26.5 Å². The van der Waals surface area contributed by atoms with Crippen molar-refractivity contribution in [2.75, 3.05) is 6.61 Å². The van der Waals surface area contributed by atoms with Gasteiger partial charge < -0.3 is 9.29 Å². The summed E-state index contributed by atoms with van der Waals surface area (Å²) >= 11 is 0. The van der Waals surface area contributed by atoms with Gasteiger partial charge in [0.25, 0.3) is 0 Å². The topological polar surface area (TPSA) is 83.5 Å². The number of alkyl halides is 2. The predicted octanol–water partition coefficient (Wildman–Crippen LogP) is 1.41. The lowest BCUT2D eigenvalue weighted by Crippen LogP contribution is -2.28. The van der Waals surface area contributed by atoms with Crippen molar-refractivity contribution in [2.45, 2.75) is 31.4 Å². The molecule has 0 N–H and O–H groups in total. The second-order valence-corrected chi connectivity index (χ2v) is 4.97. The van der Waals surface area contributed by atoms with E-state index in [-0.39, 0.29) is 25.0 Å². The van der Waals surface area contributed by atoms with Crippen LogP contribution < -0.4 is 0 Å². The van der Waals surface area contributed by atoms with E-state index in [0.717, 1.165) is 0 Å². The Kier molecular flexibility index (Phi) is 5.70. The van der Waals surface area contributed by atoms with Crippen LogP contribution in [0, 0.1) is 0 Å². The van der Waals surface area contributed by atoms with Crippen molar-refractivity contribution >= 4 is 16.1 Å². The number of hydrogen-bond donors (Lipinski definition) is 0. The van der Waals surface area contributed by atoms with E-state index in [1.807, 2.05) is 0 Å². The largest absolute Gasteiger partial charge is 0.743 e. The zero-order chi connectivity index (χ0) is 13.7. The molecule has 0 aromatic heterocycles. The van der Waals surface area contributed by atoms with Gasteiger partial charge in [0, 0.05) is 12.0 Å². The van der Waals surface area contributed by atoms with E-state index < -0.39 is 27.8 Å². The van der Waals surface area contributed by atoms with Gasteiger partial charge in [0.1, 0.15) is 0 Å². The lowest BCUT2D eigenvalue weighted by atomic mass is 10.2. The number of carbonyl (C=O) groups is 1. The van der Waals surface area contributed by atoms with Crippen LogP contribution in [0.2, 0.25) is 0 Å². The molecule has 0 rings (SSSR count). The Morgan fingerprint density at radius 2 is 1.94 bits per heavy atom. The molecule has 0 aliphatic carbocycles. The van der Waals surface area contributed by atoms with Crippen molar-refractivity contribution in [2.24, 2.45) is 0 Å². The summed E-state index contributed by atoms with van der Waals surface area (Å²) < 4.78 is 60.2. The lowest BCUT2D eigenvalue weighted by molar-refractivity contribution is -0.139. The first-order valence-electron chi connectivity index (χ1n) is 4.74. The Labute approximate surface area is 98.2 Å². The molecular weight excluding hydrogens is 258 g/mol. The van der Waals surface area contributed by atoms with Gasteiger partial charge >= 0.3 is 11.2 Å². The van der Waals surface area contributed by atoms with Gasteiger partial charge in [-0.25, -0.2) is 13.2 Å². The van der Waals surface area contributed by atoms with Crippen molar-refractivity contribution in [1.29, 1.82) is 0 Å². The van der Waals surface area contributed by atoms with Crippen molar-refractivity contribution in [1.82, 2.24) is 0 Å². The minimum absolute atomic E-state index is 0.0458. The van der Waals surface area contributed by atoms with Crippen LogP contribution in [0.3, 0.4) is 0 Å². The third-order valence-corrected chi connectivity index (χ3v) is 2.75. The maximum atomic E-state index is 12.6. The predicted molar refractivity (Wildman–Crippen MR) is 54.3 cm³/mol. The van der Waals surface area contributed by atoms with Crippen LogP contribution >= 0.6 is 0 Å². The van der Waals surface area contributed by atoms with Gasteiger partial charge in [-0.15, -0.1) is 0 Å². The number of ether oxygens (including phenoxy) is 1. The highest BCUT2D eigenvalue weighted by atomic mass is 32.2. The van der Waals surface area contributed by atoms with Gasteiger partial charge in [0.05, 0.1) is 6.61 Å². The lowest BCUT2D eigenvalue weighted by Gasteiger charge is -2.19. The van der Waals surface area contributed by atoms with Crippen molar-refractivity contribution in [3.63, 3.8) is 0 Å². The van der Waals surface area contributed by atoms with Crippen LogP contribution in [0.4, 0.5) is 8.78 Å². The molecule has 0 atom stereocenters. The summed E-state index contributed by atoms with van der Waals surface area (Å²) in [6.07, 6.45) is -1.27. The maximum absolute atomic E-state index is 12.6. The molecule has 8 heteroatoms. The highest BCUT2D eigenvalue weighted by Crippen LogP contribution is 2.26. The highest BCUT2D eigenvalue weighted by molar-refractivity contribution is 7.86. The molecule has 0 saturated carbocycles. The molecule has 0 bridgehead atoms. The summed E-state index contributed by atoms with van der Waals surface area (Å²) in [4.78, 5) is 10.8. The van der Waals surface area contributed by atoms with Crippen molar-refractivity contribution < 1.29 is 31.3 Å². The summed E-state index contributed by atoms with van der Waals surface area (Å²) in [5.74, 6) is -0.645. The molecule has 0 aliphatic heterocycles. The number of halogens is 2. The zero-order valence-electron chi connectivity index (χ0n) is 9.24. The summed E-state index contributed by atoms with van der Waals surface area (Å²) in [7, 11) is -5.62. The van der Waals surface area contributed by atoms with Gasteiger partial charge in [-0.3, -0.25) is 0 Å². The summed E-state index contributed by atoms with van der Waals surface area (Å²) in [5.41, 5.74) is 0.178. The molecule has 0 unspecified atom stereocenters. The Balaban J connectivity index is 3.88. The van der Waals surface area contributed by atoms with Crippen LogP contribution in [0.5, 0.6) is 0 Å². The number of rotatable bonds is 7. The van der Waals surface area contributed by atoms with E-state index in [1.54, 1.807) is 0 Å². The number of unbranched alkanes of at least 4 members (excludes halogenated alkanes) is 1.